The summed E-state index contributed by atoms with van der Waals surface area (Å²) in [6.45, 7) is 8.06. The minimum Gasteiger partial charge on any atom is -0.492 e. The molecule has 0 atom stereocenters. The van der Waals surface area contributed by atoms with Crippen LogP contribution in [0.15, 0.2) is 29.2 Å². The lowest BCUT2D eigenvalue weighted by Crippen LogP contribution is -2.41. The molecule has 1 aliphatic rings. The lowest BCUT2D eigenvalue weighted by atomic mass is 10.2. The van der Waals surface area contributed by atoms with Gasteiger partial charge < -0.3 is 9.47 Å². The molecule has 1 aliphatic heterocycles. The van der Waals surface area contributed by atoms with Gasteiger partial charge in [0.05, 0.1) is 31.1 Å². The van der Waals surface area contributed by atoms with Crippen molar-refractivity contribution in [2.24, 2.45) is 0 Å². The van der Waals surface area contributed by atoms with Crippen molar-refractivity contribution in [3.63, 3.8) is 0 Å². The highest BCUT2D eigenvalue weighted by Crippen LogP contribution is 2.24. The average molecular weight is 379 g/mol. The Balaban J connectivity index is 1.72. The summed E-state index contributed by atoms with van der Waals surface area (Å²) in [5.74, 6) is 0.790. The quantitative estimate of drug-likeness (QED) is 0.767. The van der Waals surface area contributed by atoms with Crippen molar-refractivity contribution < 1.29 is 17.9 Å². The van der Waals surface area contributed by atoms with Crippen molar-refractivity contribution in [3.8, 4) is 5.75 Å². The predicted octanol–water partition coefficient (Wildman–Crippen LogP) is 1.91. The van der Waals surface area contributed by atoms with Crippen molar-refractivity contribution in [2.45, 2.75) is 32.2 Å². The topological polar surface area (TPSA) is 73.7 Å². The fourth-order valence-electron chi connectivity index (χ4n) is 3.07. The summed E-state index contributed by atoms with van der Waals surface area (Å²) in [6.07, 6.45) is 0. The van der Waals surface area contributed by atoms with Crippen molar-refractivity contribution >= 4 is 10.0 Å². The second-order valence-electron chi connectivity index (χ2n) is 6.40. The summed E-state index contributed by atoms with van der Waals surface area (Å²) in [6, 6.07) is 7.83. The molecule has 1 aromatic heterocycles. The van der Waals surface area contributed by atoms with Crippen molar-refractivity contribution in [1.29, 1.82) is 0 Å². The lowest BCUT2D eigenvalue weighted by molar-refractivity contribution is 0.0730. The maximum absolute atomic E-state index is 13.0. The Kier molecular flexibility index (Phi) is 5.64. The van der Waals surface area contributed by atoms with Crippen LogP contribution in [0.3, 0.4) is 0 Å². The van der Waals surface area contributed by atoms with Gasteiger partial charge in [0.25, 0.3) is 0 Å². The number of benzene rings is 1. The summed E-state index contributed by atoms with van der Waals surface area (Å²) in [7, 11) is -3.56. The van der Waals surface area contributed by atoms with Gasteiger partial charge in [0.15, 0.2) is 0 Å². The minimum absolute atomic E-state index is 0.301. The predicted molar refractivity (Wildman–Crippen MR) is 98.0 cm³/mol. The number of aryl methyl sites for hydroxylation is 2. The summed E-state index contributed by atoms with van der Waals surface area (Å²) in [5.41, 5.74) is 2.33. The van der Waals surface area contributed by atoms with Crippen LogP contribution < -0.4 is 4.74 Å². The molecule has 2 aromatic rings. The molecule has 142 valence electrons. The van der Waals surface area contributed by atoms with Crippen molar-refractivity contribution in [2.75, 3.05) is 32.9 Å². The van der Waals surface area contributed by atoms with Gasteiger partial charge in [0, 0.05) is 13.1 Å². The van der Waals surface area contributed by atoms with E-state index in [0.717, 1.165) is 5.75 Å². The second-order valence-corrected chi connectivity index (χ2v) is 8.28. The third kappa shape index (κ3) is 3.92. The lowest BCUT2D eigenvalue weighted by Gasteiger charge is -2.26. The Morgan fingerprint density at radius 1 is 1.12 bits per heavy atom. The number of aromatic nitrogens is 2. The van der Waals surface area contributed by atoms with Crippen LogP contribution >= 0.6 is 0 Å². The molecule has 2 heterocycles. The van der Waals surface area contributed by atoms with E-state index in [4.69, 9.17) is 9.47 Å². The van der Waals surface area contributed by atoms with Crippen LogP contribution in [0.4, 0.5) is 0 Å². The van der Waals surface area contributed by atoms with E-state index in [1.807, 2.05) is 31.2 Å². The van der Waals surface area contributed by atoms with Gasteiger partial charge in [-0.15, -0.1) is 0 Å². The summed E-state index contributed by atoms with van der Waals surface area (Å²) >= 11 is 0. The van der Waals surface area contributed by atoms with Crippen LogP contribution in [0.5, 0.6) is 5.75 Å². The van der Waals surface area contributed by atoms with Crippen molar-refractivity contribution in [3.05, 3.63) is 41.2 Å². The minimum atomic E-state index is -3.56. The number of nitrogens with zero attached hydrogens (tertiary/aromatic N) is 3. The van der Waals surface area contributed by atoms with E-state index >= 15 is 0 Å². The van der Waals surface area contributed by atoms with Gasteiger partial charge in [-0.05, 0) is 32.9 Å². The number of sulfonamides is 1. The van der Waals surface area contributed by atoms with Crippen LogP contribution in [0.25, 0.3) is 0 Å². The number of hydrogen-bond acceptors (Lipinski definition) is 5. The molecule has 1 saturated heterocycles. The molecule has 26 heavy (non-hydrogen) atoms. The first-order valence-corrected chi connectivity index (χ1v) is 10.1. The maximum Gasteiger partial charge on any atom is 0.246 e. The summed E-state index contributed by atoms with van der Waals surface area (Å²) in [5, 5.41) is 4.42. The SMILES string of the molecule is Cc1ccc(OCCn2nc(C)c(S(=O)(=O)N3CCOCC3)c2C)cc1. The molecule has 8 heteroatoms. The van der Waals surface area contributed by atoms with Crippen LogP contribution in [0.1, 0.15) is 17.0 Å². The van der Waals surface area contributed by atoms with E-state index in [-0.39, 0.29) is 0 Å². The third-order valence-corrected chi connectivity index (χ3v) is 6.63. The summed E-state index contributed by atoms with van der Waals surface area (Å²) in [4.78, 5) is 0.301. The Hall–Kier alpha value is -1.90. The molecule has 0 bridgehead atoms. The molecule has 0 radical (unpaired) electrons. The first-order valence-electron chi connectivity index (χ1n) is 8.71. The largest absolute Gasteiger partial charge is 0.492 e. The standard InChI is InChI=1S/C18H25N3O4S/c1-14-4-6-17(7-5-14)25-13-10-21-16(3)18(15(2)19-21)26(22,23)20-8-11-24-12-9-20/h4-7H,8-13H2,1-3H3. The normalized spacial score (nSPS) is 16.0. The van der Waals surface area contributed by atoms with Gasteiger partial charge in [0.1, 0.15) is 17.3 Å². The Bertz CT molecular complexity index is 853. The Labute approximate surface area is 154 Å². The molecular formula is C18H25N3O4S. The molecule has 1 aromatic carbocycles. The van der Waals surface area contributed by atoms with E-state index in [2.05, 4.69) is 5.10 Å². The van der Waals surface area contributed by atoms with Crippen LogP contribution in [-0.2, 0) is 21.3 Å². The Morgan fingerprint density at radius 2 is 1.77 bits per heavy atom. The third-order valence-electron chi connectivity index (χ3n) is 4.48. The van der Waals surface area contributed by atoms with E-state index in [1.54, 1.807) is 18.5 Å². The fraction of sp³-hybridized carbons (Fsp3) is 0.500. The zero-order valence-electron chi connectivity index (χ0n) is 15.4. The zero-order chi connectivity index (χ0) is 18.7. The van der Waals surface area contributed by atoms with E-state index in [1.165, 1.54) is 9.87 Å². The average Bonchev–Trinajstić information content (AvgIpc) is 2.92. The van der Waals surface area contributed by atoms with E-state index < -0.39 is 10.0 Å². The van der Waals surface area contributed by atoms with Crippen LogP contribution in [-0.4, -0.2) is 55.4 Å². The van der Waals surface area contributed by atoms with Gasteiger partial charge in [-0.25, -0.2) is 8.42 Å². The molecule has 0 aliphatic carbocycles. The highest BCUT2D eigenvalue weighted by atomic mass is 32.2. The number of ether oxygens (including phenoxy) is 2. The van der Waals surface area contributed by atoms with Crippen LogP contribution in [0, 0.1) is 20.8 Å². The first kappa shape index (κ1) is 18.9. The number of rotatable bonds is 6. The smallest absolute Gasteiger partial charge is 0.246 e. The Morgan fingerprint density at radius 3 is 2.42 bits per heavy atom. The molecule has 0 unspecified atom stereocenters. The molecule has 0 N–H and O–H groups in total. The van der Waals surface area contributed by atoms with Crippen molar-refractivity contribution in [1.82, 2.24) is 14.1 Å². The van der Waals surface area contributed by atoms with Gasteiger partial charge in [-0.3, -0.25) is 4.68 Å². The van der Waals surface area contributed by atoms with Gasteiger partial charge in [0.2, 0.25) is 10.0 Å². The molecule has 7 nitrogen and oxygen atoms in total. The van der Waals surface area contributed by atoms with Gasteiger partial charge in [-0.1, -0.05) is 17.7 Å². The molecule has 3 rings (SSSR count). The monoisotopic (exact) mass is 379 g/mol. The number of hydrogen-bond donors (Lipinski definition) is 0. The molecule has 1 fully saturated rings. The van der Waals surface area contributed by atoms with Gasteiger partial charge >= 0.3 is 0 Å². The molecular weight excluding hydrogens is 354 g/mol. The highest BCUT2D eigenvalue weighted by molar-refractivity contribution is 7.89. The maximum atomic E-state index is 13.0. The zero-order valence-corrected chi connectivity index (χ0v) is 16.3. The first-order chi connectivity index (χ1) is 12.4. The van der Waals surface area contributed by atoms with Crippen LogP contribution in [0.2, 0.25) is 0 Å². The second kappa shape index (κ2) is 7.77. The molecule has 0 amide bonds. The molecule has 0 saturated carbocycles. The van der Waals surface area contributed by atoms with E-state index in [9.17, 15) is 8.42 Å². The highest BCUT2D eigenvalue weighted by Gasteiger charge is 2.31. The summed E-state index contributed by atoms with van der Waals surface area (Å²) < 4.78 is 40.1. The fourth-order valence-corrected chi connectivity index (χ4v) is 4.85. The molecule has 0 spiro atoms. The number of morpholine rings is 1. The van der Waals surface area contributed by atoms with E-state index in [0.29, 0.717) is 55.7 Å². The van der Waals surface area contributed by atoms with Gasteiger partial charge in [-0.2, -0.15) is 9.40 Å².